The summed E-state index contributed by atoms with van der Waals surface area (Å²) in [5.74, 6) is 5.36. The Hall–Kier alpha value is 0.430. The summed E-state index contributed by atoms with van der Waals surface area (Å²) in [6.45, 7) is 9.85. The van der Waals surface area contributed by atoms with Crippen molar-refractivity contribution >= 4 is 7.92 Å². The van der Waals surface area contributed by atoms with Crippen LogP contribution in [-0.4, -0.2) is 19.5 Å². The normalized spacial score (nSPS) is 49.2. The van der Waals surface area contributed by atoms with Gasteiger partial charge in [-0.25, -0.2) is 0 Å². The van der Waals surface area contributed by atoms with Crippen molar-refractivity contribution in [1.82, 2.24) is 0 Å². The van der Waals surface area contributed by atoms with Gasteiger partial charge in [0.25, 0.3) is 0 Å². The van der Waals surface area contributed by atoms with E-state index in [9.17, 15) is 0 Å². The molecular formula is C12H23P. The fourth-order valence-electron chi connectivity index (χ4n) is 3.77. The molecular weight excluding hydrogens is 175 g/mol. The SMILES string of the molecule is CC1C2CC(CP(C)C)C(C2)C1C. The summed E-state index contributed by atoms with van der Waals surface area (Å²) >= 11 is 0. The monoisotopic (exact) mass is 198 g/mol. The van der Waals surface area contributed by atoms with E-state index in [0.717, 1.165) is 29.6 Å². The molecule has 0 aromatic heterocycles. The third-order valence-electron chi connectivity index (χ3n) is 4.63. The lowest BCUT2D eigenvalue weighted by atomic mass is 9.76. The lowest BCUT2D eigenvalue weighted by Crippen LogP contribution is -2.25. The van der Waals surface area contributed by atoms with Crippen molar-refractivity contribution in [1.29, 1.82) is 0 Å². The Kier molecular flexibility index (Phi) is 2.71. The molecule has 0 nitrogen and oxygen atoms in total. The van der Waals surface area contributed by atoms with Crippen LogP contribution >= 0.6 is 7.92 Å². The third-order valence-corrected chi connectivity index (χ3v) is 5.83. The van der Waals surface area contributed by atoms with E-state index in [4.69, 9.17) is 0 Å². The van der Waals surface area contributed by atoms with E-state index < -0.39 is 0 Å². The van der Waals surface area contributed by atoms with Gasteiger partial charge in [-0.15, -0.1) is 7.92 Å². The molecule has 2 aliphatic carbocycles. The number of hydrogen-bond donors (Lipinski definition) is 0. The molecule has 0 radical (unpaired) electrons. The molecule has 76 valence electrons. The van der Waals surface area contributed by atoms with Crippen molar-refractivity contribution in [2.45, 2.75) is 26.7 Å². The second-order valence-corrected chi connectivity index (χ2v) is 8.16. The maximum atomic E-state index is 2.50. The van der Waals surface area contributed by atoms with Crippen LogP contribution in [0.25, 0.3) is 0 Å². The Balaban J connectivity index is 1.98. The van der Waals surface area contributed by atoms with Crippen LogP contribution in [0.2, 0.25) is 0 Å². The van der Waals surface area contributed by atoms with Crippen LogP contribution in [0, 0.1) is 29.6 Å². The zero-order valence-corrected chi connectivity index (χ0v) is 10.3. The zero-order chi connectivity index (χ0) is 9.59. The average molecular weight is 198 g/mol. The van der Waals surface area contributed by atoms with Crippen LogP contribution in [0.4, 0.5) is 0 Å². The fourth-order valence-corrected chi connectivity index (χ4v) is 5.13. The minimum absolute atomic E-state index is 0.343. The smallest absolute Gasteiger partial charge is 0.0299 e. The van der Waals surface area contributed by atoms with Gasteiger partial charge in [0.15, 0.2) is 0 Å². The van der Waals surface area contributed by atoms with Crippen LogP contribution in [0.5, 0.6) is 0 Å². The van der Waals surface area contributed by atoms with Crippen LogP contribution in [0.15, 0.2) is 0 Å². The van der Waals surface area contributed by atoms with E-state index in [1.165, 1.54) is 0 Å². The first-order chi connectivity index (χ1) is 6.09. The average Bonchev–Trinajstić information content (AvgIpc) is 2.53. The largest absolute Gasteiger partial charge is 0.113 e. The first-order valence-corrected chi connectivity index (χ1v) is 8.16. The summed E-state index contributed by atoms with van der Waals surface area (Å²) in [6.07, 6.45) is 4.68. The first-order valence-electron chi connectivity index (χ1n) is 5.74. The number of hydrogen-bond acceptors (Lipinski definition) is 0. The van der Waals surface area contributed by atoms with E-state index in [1.807, 2.05) is 0 Å². The Morgan fingerprint density at radius 2 is 1.77 bits per heavy atom. The number of fused-ring (bicyclic) bond motifs is 2. The van der Waals surface area contributed by atoms with Crippen molar-refractivity contribution in [3.8, 4) is 0 Å². The Bertz CT molecular complexity index is 186. The quantitative estimate of drug-likeness (QED) is 0.594. The van der Waals surface area contributed by atoms with Gasteiger partial charge < -0.3 is 0 Å². The predicted octanol–water partition coefficient (Wildman–Crippen LogP) is 3.66. The zero-order valence-electron chi connectivity index (χ0n) is 9.46. The molecule has 5 atom stereocenters. The molecule has 2 fully saturated rings. The van der Waals surface area contributed by atoms with Gasteiger partial charge in [-0.05, 0) is 61.9 Å². The lowest BCUT2D eigenvalue weighted by Gasteiger charge is -2.32. The van der Waals surface area contributed by atoms with E-state index in [2.05, 4.69) is 27.2 Å². The standard InChI is InChI=1S/C12H23P/c1-8-9(2)12-6-10(8)5-11(12)7-13(3)4/h8-12H,5-7H2,1-4H3. The second kappa shape index (κ2) is 3.54. The Morgan fingerprint density at radius 3 is 2.23 bits per heavy atom. The molecule has 0 amide bonds. The third kappa shape index (κ3) is 1.67. The van der Waals surface area contributed by atoms with Gasteiger partial charge in [0, 0.05) is 0 Å². The van der Waals surface area contributed by atoms with Gasteiger partial charge in [-0.1, -0.05) is 13.8 Å². The Labute approximate surface area is 84.2 Å². The van der Waals surface area contributed by atoms with E-state index in [1.54, 1.807) is 19.0 Å². The highest BCUT2D eigenvalue weighted by Gasteiger charge is 2.48. The van der Waals surface area contributed by atoms with Crippen molar-refractivity contribution in [3.63, 3.8) is 0 Å². The first kappa shape index (κ1) is 9.97. The minimum Gasteiger partial charge on any atom is -0.113 e. The van der Waals surface area contributed by atoms with Crippen molar-refractivity contribution in [2.75, 3.05) is 19.5 Å². The lowest BCUT2D eigenvalue weighted by molar-refractivity contribution is 0.204. The molecule has 0 spiro atoms. The fraction of sp³-hybridized carbons (Fsp3) is 1.00. The van der Waals surface area contributed by atoms with E-state index in [0.29, 0.717) is 7.92 Å². The highest BCUT2D eigenvalue weighted by molar-refractivity contribution is 7.55. The van der Waals surface area contributed by atoms with Crippen molar-refractivity contribution < 1.29 is 0 Å². The van der Waals surface area contributed by atoms with E-state index >= 15 is 0 Å². The molecule has 0 heterocycles. The molecule has 13 heavy (non-hydrogen) atoms. The Morgan fingerprint density at radius 1 is 1.08 bits per heavy atom. The summed E-state index contributed by atoms with van der Waals surface area (Å²) in [5, 5.41) is 0. The summed E-state index contributed by atoms with van der Waals surface area (Å²) in [6, 6.07) is 0. The van der Waals surface area contributed by atoms with Gasteiger partial charge >= 0.3 is 0 Å². The molecule has 2 bridgehead atoms. The van der Waals surface area contributed by atoms with Crippen LogP contribution < -0.4 is 0 Å². The van der Waals surface area contributed by atoms with Gasteiger partial charge in [-0.2, -0.15) is 0 Å². The predicted molar refractivity (Wildman–Crippen MR) is 61.7 cm³/mol. The second-order valence-electron chi connectivity index (χ2n) is 5.64. The topological polar surface area (TPSA) is 0 Å². The van der Waals surface area contributed by atoms with Crippen molar-refractivity contribution in [2.24, 2.45) is 29.6 Å². The van der Waals surface area contributed by atoms with Gasteiger partial charge in [0.05, 0.1) is 0 Å². The van der Waals surface area contributed by atoms with Crippen LogP contribution in [0.3, 0.4) is 0 Å². The molecule has 0 saturated heterocycles. The molecule has 2 rings (SSSR count). The van der Waals surface area contributed by atoms with Crippen LogP contribution in [-0.2, 0) is 0 Å². The molecule has 1 heteroatoms. The molecule has 2 saturated carbocycles. The highest BCUT2D eigenvalue weighted by atomic mass is 31.1. The van der Waals surface area contributed by atoms with Crippen LogP contribution in [0.1, 0.15) is 26.7 Å². The summed E-state index contributed by atoms with van der Waals surface area (Å²) in [5.41, 5.74) is 0. The van der Waals surface area contributed by atoms with Gasteiger partial charge in [-0.3, -0.25) is 0 Å². The van der Waals surface area contributed by atoms with Gasteiger partial charge in [0.1, 0.15) is 0 Å². The number of rotatable bonds is 2. The molecule has 0 aromatic rings. The molecule has 0 aliphatic heterocycles. The molecule has 0 aromatic carbocycles. The molecule has 5 unspecified atom stereocenters. The van der Waals surface area contributed by atoms with Gasteiger partial charge in [0.2, 0.25) is 0 Å². The summed E-state index contributed by atoms with van der Waals surface area (Å²) in [7, 11) is 0.343. The van der Waals surface area contributed by atoms with Crippen molar-refractivity contribution in [3.05, 3.63) is 0 Å². The maximum absolute atomic E-state index is 2.50. The summed E-state index contributed by atoms with van der Waals surface area (Å²) < 4.78 is 0. The van der Waals surface area contributed by atoms with E-state index in [-0.39, 0.29) is 0 Å². The molecule has 0 N–H and O–H groups in total. The minimum atomic E-state index is 0.343. The molecule has 2 aliphatic rings. The highest BCUT2D eigenvalue weighted by Crippen LogP contribution is 2.56. The summed E-state index contributed by atoms with van der Waals surface area (Å²) in [4.78, 5) is 0. The maximum Gasteiger partial charge on any atom is -0.0299 e.